The monoisotopic (exact) mass is 387 g/mol. The van der Waals surface area contributed by atoms with Gasteiger partial charge in [-0.25, -0.2) is 4.98 Å². The number of nitrogens with zero attached hydrogens (tertiary/aromatic N) is 1. The molecule has 1 heterocycles. The van der Waals surface area contributed by atoms with Crippen molar-refractivity contribution >= 4 is 0 Å². The highest BCUT2D eigenvalue weighted by molar-refractivity contribution is 5.62. The van der Waals surface area contributed by atoms with Gasteiger partial charge in [0.1, 0.15) is 5.82 Å². The van der Waals surface area contributed by atoms with E-state index < -0.39 is 29.3 Å². The van der Waals surface area contributed by atoms with Crippen LogP contribution in [-0.4, -0.2) is 9.97 Å². The van der Waals surface area contributed by atoms with Crippen LogP contribution in [0.3, 0.4) is 0 Å². The summed E-state index contributed by atoms with van der Waals surface area (Å²) >= 11 is 0. The quantitative estimate of drug-likeness (QED) is 0.485. The molecule has 0 radical (unpaired) electrons. The molecule has 0 amide bonds. The summed E-state index contributed by atoms with van der Waals surface area (Å²) in [7, 11) is 0. The minimum atomic E-state index is -4.76. The number of hydrogen-bond acceptors (Lipinski definition) is 2. The Balaban J connectivity index is 2.52. The maximum absolute atomic E-state index is 14.2. The van der Waals surface area contributed by atoms with Gasteiger partial charge >= 0.3 is 6.18 Å². The third-order valence-corrected chi connectivity index (χ3v) is 4.00. The molecule has 0 aliphatic rings. The number of allylic oxidation sites excluding steroid dienone is 2. The Hall–Kier alpha value is -2.22. The smallest absolute Gasteiger partial charge is 0.341 e. The minimum absolute atomic E-state index is 0.0282. The van der Waals surface area contributed by atoms with E-state index in [9.17, 15) is 22.0 Å². The number of imidazole rings is 1. The van der Waals surface area contributed by atoms with Crippen LogP contribution in [0.25, 0.3) is 11.3 Å². The van der Waals surface area contributed by atoms with Gasteiger partial charge in [-0.3, -0.25) is 0 Å². The standard InChI is InChI=1S/C19H22F5N3/c1-4-5-18(20,21)13-7-12(8-14(9-13)19(22,23)24)16-10-26-17(27-16)15(25)6-11(2)3/h4-5,7-11,15H,6,25H2,1-3H3,(H,26,27)/b5-4+. The molecule has 1 unspecified atom stereocenters. The minimum Gasteiger partial charge on any atom is -0.341 e. The summed E-state index contributed by atoms with van der Waals surface area (Å²) in [4.78, 5) is 6.96. The number of nitrogens with one attached hydrogen (secondary N) is 1. The molecule has 0 saturated heterocycles. The van der Waals surface area contributed by atoms with E-state index in [1.54, 1.807) is 0 Å². The van der Waals surface area contributed by atoms with Gasteiger partial charge in [0.2, 0.25) is 0 Å². The molecule has 2 rings (SSSR count). The second kappa shape index (κ2) is 7.80. The number of aromatic nitrogens is 2. The number of alkyl halides is 5. The van der Waals surface area contributed by atoms with Gasteiger partial charge in [0.05, 0.1) is 23.5 Å². The van der Waals surface area contributed by atoms with Gasteiger partial charge in [0.25, 0.3) is 5.92 Å². The molecule has 0 aliphatic carbocycles. The molecule has 1 aromatic heterocycles. The summed E-state index contributed by atoms with van der Waals surface area (Å²) in [6.07, 6.45) is -1.17. The molecule has 3 N–H and O–H groups in total. The van der Waals surface area contributed by atoms with Crippen LogP contribution in [0, 0.1) is 5.92 Å². The van der Waals surface area contributed by atoms with Gasteiger partial charge in [-0.05, 0) is 43.5 Å². The molecular weight excluding hydrogens is 365 g/mol. The van der Waals surface area contributed by atoms with Crippen LogP contribution in [0.15, 0.2) is 36.5 Å². The Labute approximate surface area is 154 Å². The molecule has 1 aromatic carbocycles. The normalized spacial score (nSPS) is 14.3. The van der Waals surface area contributed by atoms with Gasteiger partial charge in [0, 0.05) is 11.1 Å². The number of benzene rings is 1. The molecule has 2 aromatic rings. The Morgan fingerprint density at radius 1 is 1.11 bits per heavy atom. The second-order valence-corrected chi connectivity index (χ2v) is 6.84. The maximum atomic E-state index is 14.2. The fourth-order valence-electron chi connectivity index (χ4n) is 2.74. The van der Waals surface area contributed by atoms with Gasteiger partial charge in [-0.15, -0.1) is 0 Å². The van der Waals surface area contributed by atoms with Crippen molar-refractivity contribution in [2.24, 2.45) is 11.7 Å². The van der Waals surface area contributed by atoms with Crippen molar-refractivity contribution in [2.75, 3.05) is 0 Å². The first-order valence-electron chi connectivity index (χ1n) is 8.49. The number of hydrogen-bond donors (Lipinski definition) is 2. The van der Waals surface area contributed by atoms with Gasteiger partial charge in [-0.2, -0.15) is 22.0 Å². The van der Waals surface area contributed by atoms with E-state index in [0.29, 0.717) is 30.3 Å². The summed E-state index contributed by atoms with van der Waals surface area (Å²) in [5, 5.41) is 0. The van der Waals surface area contributed by atoms with Crippen LogP contribution in [0.2, 0.25) is 0 Å². The summed E-state index contributed by atoms with van der Waals surface area (Å²) in [5.41, 5.74) is 4.30. The van der Waals surface area contributed by atoms with Crippen molar-refractivity contribution in [3.63, 3.8) is 0 Å². The molecule has 8 heteroatoms. The Bertz CT molecular complexity index is 806. The lowest BCUT2D eigenvalue weighted by Gasteiger charge is -2.17. The third kappa shape index (κ3) is 5.15. The molecule has 0 fully saturated rings. The topological polar surface area (TPSA) is 54.7 Å². The molecular formula is C19H22F5N3. The van der Waals surface area contributed by atoms with Gasteiger partial charge in [0.15, 0.2) is 0 Å². The van der Waals surface area contributed by atoms with Gasteiger partial charge in [-0.1, -0.05) is 19.9 Å². The number of halogens is 5. The summed E-state index contributed by atoms with van der Waals surface area (Å²) in [6, 6.07) is 1.89. The van der Waals surface area contributed by atoms with E-state index in [0.717, 1.165) is 18.2 Å². The fourth-order valence-corrected chi connectivity index (χ4v) is 2.74. The predicted octanol–water partition coefficient (Wildman–Crippen LogP) is 5.81. The van der Waals surface area contributed by atoms with Crippen molar-refractivity contribution in [1.29, 1.82) is 0 Å². The lowest BCUT2D eigenvalue weighted by Crippen LogP contribution is -2.14. The largest absolute Gasteiger partial charge is 0.416 e. The molecule has 0 saturated carbocycles. The van der Waals surface area contributed by atoms with E-state index in [-0.39, 0.29) is 11.3 Å². The Morgan fingerprint density at radius 2 is 1.74 bits per heavy atom. The highest BCUT2D eigenvalue weighted by Crippen LogP contribution is 2.38. The lowest BCUT2D eigenvalue weighted by atomic mass is 9.99. The highest BCUT2D eigenvalue weighted by Gasteiger charge is 2.35. The Morgan fingerprint density at radius 3 is 2.30 bits per heavy atom. The van der Waals surface area contributed by atoms with E-state index in [1.165, 1.54) is 13.1 Å². The van der Waals surface area contributed by atoms with Crippen LogP contribution in [-0.2, 0) is 12.1 Å². The molecule has 0 aliphatic heterocycles. The third-order valence-electron chi connectivity index (χ3n) is 4.00. The van der Waals surface area contributed by atoms with Crippen LogP contribution >= 0.6 is 0 Å². The van der Waals surface area contributed by atoms with E-state index >= 15 is 0 Å². The fraction of sp³-hybridized carbons (Fsp3) is 0.421. The van der Waals surface area contributed by atoms with E-state index in [4.69, 9.17) is 5.73 Å². The molecule has 3 nitrogen and oxygen atoms in total. The highest BCUT2D eigenvalue weighted by atomic mass is 19.4. The SMILES string of the molecule is C/C=C/C(F)(F)c1cc(-c2cnc(C(N)CC(C)C)[nH]2)cc(C(F)(F)F)c1. The molecule has 148 valence electrons. The van der Waals surface area contributed by atoms with E-state index in [1.807, 2.05) is 13.8 Å². The predicted molar refractivity (Wildman–Crippen MR) is 94.1 cm³/mol. The zero-order valence-electron chi connectivity index (χ0n) is 15.2. The Kier molecular flexibility index (Phi) is 6.09. The zero-order chi connectivity index (χ0) is 20.4. The lowest BCUT2D eigenvalue weighted by molar-refractivity contribution is -0.137. The molecule has 0 spiro atoms. The first kappa shape index (κ1) is 21.1. The van der Waals surface area contributed by atoms with Crippen LogP contribution in [0.4, 0.5) is 22.0 Å². The van der Waals surface area contributed by atoms with Crippen LogP contribution < -0.4 is 5.73 Å². The maximum Gasteiger partial charge on any atom is 0.416 e. The van der Waals surface area contributed by atoms with Crippen molar-refractivity contribution in [3.05, 3.63) is 53.5 Å². The first-order valence-corrected chi connectivity index (χ1v) is 8.49. The molecule has 1 atom stereocenters. The molecule has 0 bridgehead atoms. The second-order valence-electron chi connectivity index (χ2n) is 6.84. The summed E-state index contributed by atoms with van der Waals surface area (Å²) in [6.45, 7) is 5.33. The van der Waals surface area contributed by atoms with Crippen molar-refractivity contribution < 1.29 is 22.0 Å². The summed E-state index contributed by atoms with van der Waals surface area (Å²) < 4.78 is 68.0. The number of aromatic amines is 1. The van der Waals surface area contributed by atoms with Crippen molar-refractivity contribution in [3.8, 4) is 11.3 Å². The number of H-pyrrole nitrogens is 1. The van der Waals surface area contributed by atoms with Gasteiger partial charge < -0.3 is 10.7 Å². The van der Waals surface area contributed by atoms with Crippen LogP contribution in [0.5, 0.6) is 0 Å². The average Bonchev–Trinajstić information content (AvgIpc) is 3.03. The van der Waals surface area contributed by atoms with E-state index in [2.05, 4.69) is 9.97 Å². The number of nitrogens with two attached hydrogens (primary N) is 1. The van der Waals surface area contributed by atoms with Crippen LogP contribution in [0.1, 0.15) is 50.2 Å². The average molecular weight is 387 g/mol. The number of rotatable bonds is 6. The zero-order valence-corrected chi connectivity index (χ0v) is 15.2. The summed E-state index contributed by atoms with van der Waals surface area (Å²) in [5.74, 6) is -2.83. The first-order chi connectivity index (χ1) is 12.4. The van der Waals surface area contributed by atoms with Crippen molar-refractivity contribution in [1.82, 2.24) is 9.97 Å². The molecule has 27 heavy (non-hydrogen) atoms. The van der Waals surface area contributed by atoms with Crippen molar-refractivity contribution in [2.45, 2.75) is 45.3 Å².